The molecule has 0 radical (unpaired) electrons. The van der Waals surface area contributed by atoms with Crippen LogP contribution >= 0.6 is 0 Å². The van der Waals surface area contributed by atoms with E-state index in [4.69, 9.17) is 9.84 Å². The molecular formula is C10H14F3N3O4. The summed E-state index contributed by atoms with van der Waals surface area (Å²) in [5.74, 6) is -0.816. The second-order valence-electron chi connectivity index (χ2n) is 3.86. The zero-order chi connectivity index (χ0) is 15.3. The van der Waals surface area contributed by atoms with Gasteiger partial charge in [-0.05, 0) is 0 Å². The van der Waals surface area contributed by atoms with E-state index in [1.807, 2.05) is 0 Å². The van der Waals surface area contributed by atoms with E-state index in [9.17, 15) is 18.0 Å². The number of carbonyl (C=O) groups excluding carboxylic acids is 1. The molecule has 1 heterocycles. The fraction of sp³-hybridized carbons (Fsp3) is 0.700. The summed E-state index contributed by atoms with van der Waals surface area (Å²) in [6, 6.07) is 0. The zero-order valence-electron chi connectivity index (χ0n) is 10.8. The molecule has 114 valence electrons. The van der Waals surface area contributed by atoms with Crippen molar-refractivity contribution in [2.45, 2.75) is 25.2 Å². The van der Waals surface area contributed by atoms with Gasteiger partial charge in [-0.1, -0.05) is 5.21 Å². The van der Waals surface area contributed by atoms with Crippen LogP contribution in [-0.4, -0.2) is 59.2 Å². The van der Waals surface area contributed by atoms with Gasteiger partial charge in [-0.2, -0.15) is 13.2 Å². The number of hydrogen-bond acceptors (Lipinski definition) is 6. The van der Waals surface area contributed by atoms with Gasteiger partial charge in [-0.3, -0.25) is 0 Å². The monoisotopic (exact) mass is 297 g/mol. The Morgan fingerprint density at radius 3 is 2.60 bits per heavy atom. The first kappa shape index (κ1) is 16.4. The van der Waals surface area contributed by atoms with Crippen molar-refractivity contribution in [3.05, 3.63) is 11.4 Å². The number of aliphatic hydroxyl groups excluding tert-OH is 1. The molecule has 0 aliphatic heterocycles. The van der Waals surface area contributed by atoms with Crippen LogP contribution in [0.25, 0.3) is 0 Å². The Bertz CT molecular complexity index is 461. The van der Waals surface area contributed by atoms with Gasteiger partial charge in [0.15, 0.2) is 11.8 Å². The molecule has 0 aliphatic rings. The largest absolute Gasteiger partial charge is 0.464 e. The lowest BCUT2D eigenvalue weighted by Crippen LogP contribution is -2.33. The van der Waals surface area contributed by atoms with Crippen LogP contribution in [0.1, 0.15) is 16.2 Å². The molecule has 1 aromatic rings. The number of ether oxygens (including phenoxy) is 2. The topological polar surface area (TPSA) is 86.5 Å². The normalized spacial score (nSPS) is 13.3. The van der Waals surface area contributed by atoms with E-state index < -0.39 is 24.8 Å². The number of alkyl halides is 3. The van der Waals surface area contributed by atoms with Crippen molar-refractivity contribution in [3.63, 3.8) is 0 Å². The molecular weight excluding hydrogens is 283 g/mol. The number of halogens is 3. The number of esters is 1. The second-order valence-corrected chi connectivity index (χ2v) is 3.86. The van der Waals surface area contributed by atoms with E-state index in [0.717, 1.165) is 11.8 Å². The Morgan fingerprint density at radius 1 is 1.45 bits per heavy atom. The number of carbonyl (C=O) groups is 1. The standard InChI is InChI=1S/C10H14F3N3O4/c1-19-4-3-6-8(9(18)20-2)14-15-16(6)5-7(17)10(11,12)13/h7,17H,3-5H2,1-2H3. The Balaban J connectivity index is 3.00. The molecule has 1 aromatic heterocycles. The highest BCUT2D eigenvalue weighted by atomic mass is 19.4. The van der Waals surface area contributed by atoms with Crippen LogP contribution in [0.2, 0.25) is 0 Å². The zero-order valence-corrected chi connectivity index (χ0v) is 10.8. The van der Waals surface area contributed by atoms with E-state index >= 15 is 0 Å². The van der Waals surface area contributed by atoms with Crippen molar-refractivity contribution in [2.24, 2.45) is 0 Å². The van der Waals surface area contributed by atoms with Crippen LogP contribution in [0.3, 0.4) is 0 Å². The van der Waals surface area contributed by atoms with Gasteiger partial charge in [0.2, 0.25) is 0 Å². The molecule has 0 aromatic carbocycles. The molecule has 0 aliphatic carbocycles. The fourth-order valence-electron chi connectivity index (χ4n) is 1.45. The highest BCUT2D eigenvalue weighted by Gasteiger charge is 2.39. The van der Waals surface area contributed by atoms with Crippen LogP contribution in [0, 0.1) is 0 Å². The Labute approximate surface area is 112 Å². The summed E-state index contributed by atoms with van der Waals surface area (Å²) >= 11 is 0. The first-order chi connectivity index (χ1) is 9.31. The molecule has 10 heteroatoms. The Kier molecular flexibility index (Phi) is 5.45. The molecule has 1 rings (SSSR count). The summed E-state index contributed by atoms with van der Waals surface area (Å²) in [4.78, 5) is 11.4. The number of methoxy groups -OCH3 is 2. The first-order valence-corrected chi connectivity index (χ1v) is 5.55. The SMILES string of the molecule is COCCc1c(C(=O)OC)nnn1CC(O)C(F)(F)F. The number of aromatic nitrogens is 3. The van der Waals surface area contributed by atoms with E-state index in [1.54, 1.807) is 0 Å². The van der Waals surface area contributed by atoms with Crippen molar-refractivity contribution >= 4 is 5.97 Å². The summed E-state index contributed by atoms with van der Waals surface area (Å²) in [7, 11) is 2.52. The van der Waals surface area contributed by atoms with E-state index in [0.29, 0.717) is 0 Å². The van der Waals surface area contributed by atoms with Crippen LogP contribution in [0.4, 0.5) is 13.2 Å². The van der Waals surface area contributed by atoms with Gasteiger partial charge in [0.05, 0.1) is 26.0 Å². The summed E-state index contributed by atoms with van der Waals surface area (Å²) in [5, 5.41) is 16.0. The van der Waals surface area contributed by atoms with E-state index in [-0.39, 0.29) is 24.4 Å². The third kappa shape index (κ3) is 3.90. The lowest BCUT2D eigenvalue weighted by atomic mass is 10.2. The smallest absolute Gasteiger partial charge is 0.416 e. The maximum Gasteiger partial charge on any atom is 0.416 e. The number of rotatable bonds is 6. The van der Waals surface area contributed by atoms with Crippen LogP contribution < -0.4 is 0 Å². The van der Waals surface area contributed by atoms with Crippen LogP contribution in [0.5, 0.6) is 0 Å². The molecule has 1 atom stereocenters. The van der Waals surface area contributed by atoms with E-state index in [1.165, 1.54) is 7.11 Å². The van der Waals surface area contributed by atoms with Crippen LogP contribution in [0.15, 0.2) is 0 Å². The summed E-state index contributed by atoms with van der Waals surface area (Å²) in [6.45, 7) is -0.702. The minimum Gasteiger partial charge on any atom is -0.464 e. The average molecular weight is 297 g/mol. The van der Waals surface area contributed by atoms with Gasteiger partial charge in [0, 0.05) is 13.5 Å². The summed E-state index contributed by atoms with van der Waals surface area (Å²) in [6.07, 6.45) is -7.27. The maximum atomic E-state index is 12.3. The first-order valence-electron chi connectivity index (χ1n) is 5.55. The lowest BCUT2D eigenvalue weighted by molar-refractivity contribution is -0.208. The molecule has 1 unspecified atom stereocenters. The maximum absolute atomic E-state index is 12.3. The predicted octanol–water partition coefficient (Wildman–Crippen LogP) is 0.177. The highest BCUT2D eigenvalue weighted by molar-refractivity contribution is 5.88. The van der Waals surface area contributed by atoms with Gasteiger partial charge in [0.25, 0.3) is 0 Å². The molecule has 0 saturated heterocycles. The van der Waals surface area contributed by atoms with Gasteiger partial charge < -0.3 is 14.6 Å². The molecule has 1 N–H and O–H groups in total. The highest BCUT2D eigenvalue weighted by Crippen LogP contribution is 2.22. The van der Waals surface area contributed by atoms with Gasteiger partial charge in [0.1, 0.15) is 0 Å². The van der Waals surface area contributed by atoms with Gasteiger partial charge in [-0.25, -0.2) is 9.48 Å². The lowest BCUT2D eigenvalue weighted by Gasteiger charge is -2.15. The fourth-order valence-corrected chi connectivity index (χ4v) is 1.45. The predicted molar refractivity (Wildman–Crippen MR) is 59.0 cm³/mol. The van der Waals surface area contributed by atoms with Gasteiger partial charge in [-0.15, -0.1) is 5.10 Å². The van der Waals surface area contributed by atoms with Gasteiger partial charge >= 0.3 is 12.1 Å². The minimum absolute atomic E-state index is 0.110. The number of nitrogens with zero attached hydrogens (tertiary/aromatic N) is 3. The Morgan fingerprint density at radius 2 is 2.10 bits per heavy atom. The summed E-state index contributed by atoms with van der Waals surface area (Å²) in [5.41, 5.74) is -0.0825. The molecule has 0 amide bonds. The summed E-state index contributed by atoms with van der Waals surface area (Å²) < 4.78 is 47.1. The van der Waals surface area contributed by atoms with Crippen molar-refractivity contribution in [3.8, 4) is 0 Å². The molecule has 0 fully saturated rings. The van der Waals surface area contributed by atoms with Crippen molar-refractivity contribution in [2.75, 3.05) is 20.8 Å². The molecule has 0 bridgehead atoms. The van der Waals surface area contributed by atoms with Crippen LogP contribution in [-0.2, 0) is 22.4 Å². The molecule has 0 spiro atoms. The van der Waals surface area contributed by atoms with Crippen molar-refractivity contribution in [1.82, 2.24) is 15.0 Å². The quantitative estimate of drug-likeness (QED) is 0.754. The molecule has 0 saturated carbocycles. The second kappa shape index (κ2) is 6.66. The van der Waals surface area contributed by atoms with Crippen molar-refractivity contribution < 1.29 is 32.5 Å². The molecule has 20 heavy (non-hydrogen) atoms. The average Bonchev–Trinajstić information content (AvgIpc) is 2.77. The third-order valence-corrected chi connectivity index (χ3v) is 2.48. The number of aliphatic hydroxyl groups is 1. The number of hydrogen-bond donors (Lipinski definition) is 1. The molecule has 7 nitrogen and oxygen atoms in total. The third-order valence-electron chi connectivity index (χ3n) is 2.48. The Hall–Kier alpha value is -1.68. The van der Waals surface area contributed by atoms with E-state index in [2.05, 4.69) is 15.0 Å². The minimum atomic E-state index is -4.78. The van der Waals surface area contributed by atoms with Crippen molar-refractivity contribution in [1.29, 1.82) is 0 Å².